The van der Waals surface area contributed by atoms with E-state index in [-0.39, 0.29) is 21.5 Å². The van der Waals surface area contributed by atoms with E-state index in [1.165, 1.54) is 0 Å². The Labute approximate surface area is 101 Å². The smallest absolute Gasteiger partial charge is 0.332 e. The van der Waals surface area contributed by atoms with Crippen molar-refractivity contribution in [3.8, 4) is 0 Å². The van der Waals surface area contributed by atoms with Gasteiger partial charge in [-0.2, -0.15) is 0 Å². The minimum absolute atomic E-state index is 0. The van der Waals surface area contributed by atoms with Gasteiger partial charge in [-0.15, -0.1) is 0 Å². The Morgan fingerprint density at radius 2 is 1.41 bits per heavy atom. The first-order chi connectivity index (χ1) is 7.12. The molecule has 0 aromatic heterocycles. The van der Waals surface area contributed by atoms with E-state index < -0.39 is 25.5 Å². The topological polar surface area (TPSA) is 52.6 Å². The Hall–Kier alpha value is -1.72. The van der Waals surface area contributed by atoms with Crippen molar-refractivity contribution in [1.82, 2.24) is 0 Å². The van der Waals surface area contributed by atoms with Crippen LogP contribution in [0.25, 0.3) is 0 Å². The molecule has 0 N–H and O–H groups in total. The Morgan fingerprint density at radius 1 is 1.00 bits per heavy atom. The lowest BCUT2D eigenvalue weighted by molar-refractivity contribution is -0.141. The zero-order valence-electron chi connectivity index (χ0n) is 8.08. The molecule has 0 aromatic carbocycles. The normalized spacial score (nSPS) is 6.94. The molecule has 0 unspecified atom stereocenters. The summed E-state index contributed by atoms with van der Waals surface area (Å²) in [6.45, 7) is 4.26. The highest BCUT2D eigenvalue weighted by atomic mass is 19.1. The number of esters is 2. The fourth-order valence-corrected chi connectivity index (χ4v) is 0.311. The van der Waals surface area contributed by atoms with E-state index in [0.717, 1.165) is 12.2 Å². The third kappa shape index (κ3) is 25.0. The van der Waals surface area contributed by atoms with Gasteiger partial charge in [0, 0.05) is 12.2 Å². The fourth-order valence-electron chi connectivity index (χ4n) is 0.311. The first kappa shape index (κ1) is 24.5. The second-order valence-corrected chi connectivity index (χ2v) is 1.84. The van der Waals surface area contributed by atoms with Gasteiger partial charge < -0.3 is 9.47 Å². The van der Waals surface area contributed by atoms with E-state index in [2.05, 4.69) is 22.6 Å². The summed E-state index contributed by atoms with van der Waals surface area (Å²) in [5, 5.41) is 0. The van der Waals surface area contributed by atoms with E-state index in [0.29, 0.717) is 0 Å². The van der Waals surface area contributed by atoms with Gasteiger partial charge in [-0.1, -0.05) is 28.0 Å². The standard InChI is InChI=1S/C5H7FO2.C4H5FO2.2CH4/c1-2-5(7)8-4-3-6;1-2-4(6)7-3-5;;/h2H,1,3-4H2;2H,1,3H2;2*1H4. The van der Waals surface area contributed by atoms with Crippen molar-refractivity contribution in [3.63, 3.8) is 0 Å². The highest BCUT2D eigenvalue weighted by Gasteiger charge is 1.91. The number of hydrogen-bond acceptors (Lipinski definition) is 4. The maximum atomic E-state index is 11.2. The lowest BCUT2D eigenvalue weighted by Crippen LogP contribution is -2.02. The van der Waals surface area contributed by atoms with Crippen LogP contribution in [0.2, 0.25) is 0 Å². The van der Waals surface area contributed by atoms with Gasteiger partial charge in [-0.25, -0.2) is 18.4 Å². The zero-order valence-corrected chi connectivity index (χ0v) is 8.08. The van der Waals surface area contributed by atoms with Crippen LogP contribution in [0, 0.1) is 0 Å². The largest absolute Gasteiger partial charge is 0.460 e. The second-order valence-electron chi connectivity index (χ2n) is 1.84. The summed E-state index contributed by atoms with van der Waals surface area (Å²) in [5.41, 5.74) is 0. The van der Waals surface area contributed by atoms with Crippen LogP contribution in [0.3, 0.4) is 0 Å². The van der Waals surface area contributed by atoms with E-state index in [1.54, 1.807) is 0 Å². The van der Waals surface area contributed by atoms with E-state index in [1.807, 2.05) is 0 Å². The number of alkyl halides is 2. The van der Waals surface area contributed by atoms with Gasteiger partial charge in [-0.05, 0) is 0 Å². The molecule has 0 spiro atoms. The van der Waals surface area contributed by atoms with Crippen molar-refractivity contribution in [1.29, 1.82) is 0 Å². The molecule has 0 rings (SSSR count). The SMILES string of the molecule is C.C.C=CC(=O)OCCF.C=CC(=O)OCF. The van der Waals surface area contributed by atoms with Gasteiger partial charge >= 0.3 is 11.9 Å². The molecule has 0 aliphatic heterocycles. The average Bonchev–Trinajstić information content (AvgIpc) is 2.26. The number of rotatable bonds is 5. The molecule has 6 heteroatoms. The highest BCUT2D eigenvalue weighted by molar-refractivity contribution is 5.81. The van der Waals surface area contributed by atoms with Crippen molar-refractivity contribution in [2.45, 2.75) is 14.9 Å². The minimum Gasteiger partial charge on any atom is -0.460 e. The van der Waals surface area contributed by atoms with Crippen LogP contribution in [-0.4, -0.2) is 32.1 Å². The minimum atomic E-state index is -1.08. The molecular weight excluding hydrogens is 234 g/mol. The van der Waals surface area contributed by atoms with Gasteiger partial charge in [0.05, 0.1) is 0 Å². The van der Waals surface area contributed by atoms with E-state index in [9.17, 15) is 18.4 Å². The Bertz CT molecular complexity index is 218. The molecule has 0 fully saturated rings. The fraction of sp³-hybridized carbons (Fsp3) is 0.455. The van der Waals surface area contributed by atoms with Gasteiger partial charge in [0.15, 0.2) is 0 Å². The highest BCUT2D eigenvalue weighted by Crippen LogP contribution is 1.78. The third-order valence-corrected chi connectivity index (χ3v) is 0.852. The molecule has 0 atom stereocenters. The van der Waals surface area contributed by atoms with Crippen LogP contribution < -0.4 is 0 Å². The summed E-state index contributed by atoms with van der Waals surface area (Å²) in [5.74, 6) is -1.31. The predicted octanol–water partition coefficient (Wildman–Crippen LogP) is 2.60. The van der Waals surface area contributed by atoms with Crippen LogP contribution in [-0.2, 0) is 19.1 Å². The van der Waals surface area contributed by atoms with Gasteiger partial charge in [0.25, 0.3) is 0 Å². The number of carbonyl (C=O) groups excluding carboxylic acids is 2. The zero-order chi connectivity index (χ0) is 12.1. The summed E-state index contributed by atoms with van der Waals surface area (Å²) in [6.07, 6.45) is 1.90. The molecule has 0 heterocycles. The quantitative estimate of drug-likeness (QED) is 0.559. The summed E-state index contributed by atoms with van der Waals surface area (Å²) in [4.78, 5) is 19.9. The van der Waals surface area contributed by atoms with Crippen molar-refractivity contribution in [2.75, 3.05) is 20.1 Å². The molecule has 0 bridgehead atoms. The van der Waals surface area contributed by atoms with Crippen molar-refractivity contribution < 1.29 is 27.8 Å². The maximum absolute atomic E-state index is 11.2. The predicted molar refractivity (Wildman–Crippen MR) is 62.9 cm³/mol. The molecule has 0 saturated carbocycles. The molecule has 0 saturated heterocycles. The molecule has 0 amide bonds. The Morgan fingerprint density at radius 3 is 1.65 bits per heavy atom. The second kappa shape index (κ2) is 19.8. The van der Waals surface area contributed by atoms with Crippen molar-refractivity contribution >= 4 is 11.9 Å². The Kier molecular flexibility index (Phi) is 28.5. The van der Waals surface area contributed by atoms with Gasteiger partial charge in [0.1, 0.15) is 13.3 Å². The molecule has 0 aliphatic rings. The van der Waals surface area contributed by atoms with Gasteiger partial charge in [-0.3, -0.25) is 0 Å². The molecule has 4 nitrogen and oxygen atoms in total. The van der Waals surface area contributed by atoms with Crippen LogP contribution in [0.15, 0.2) is 25.3 Å². The molecular formula is C11H20F2O4. The monoisotopic (exact) mass is 254 g/mol. The maximum Gasteiger partial charge on any atom is 0.332 e. The van der Waals surface area contributed by atoms with E-state index in [4.69, 9.17) is 0 Å². The summed E-state index contributed by atoms with van der Waals surface area (Å²) >= 11 is 0. The van der Waals surface area contributed by atoms with Crippen molar-refractivity contribution in [2.24, 2.45) is 0 Å². The number of halogens is 2. The van der Waals surface area contributed by atoms with Gasteiger partial charge in [0.2, 0.25) is 6.86 Å². The molecule has 0 aromatic rings. The number of ether oxygens (including phenoxy) is 2. The van der Waals surface area contributed by atoms with Crippen LogP contribution in [0.4, 0.5) is 8.78 Å². The molecule has 102 valence electrons. The summed E-state index contributed by atoms with van der Waals surface area (Å²) in [6, 6.07) is 0. The first-order valence-electron chi connectivity index (χ1n) is 3.82. The molecule has 0 aliphatic carbocycles. The lowest BCUT2D eigenvalue weighted by atomic mass is 10.6. The average molecular weight is 254 g/mol. The van der Waals surface area contributed by atoms with E-state index >= 15 is 0 Å². The van der Waals surface area contributed by atoms with Crippen LogP contribution in [0.5, 0.6) is 0 Å². The Balaban J connectivity index is -0.0000000896. The third-order valence-electron chi connectivity index (χ3n) is 0.852. The van der Waals surface area contributed by atoms with Crippen LogP contribution in [0.1, 0.15) is 14.9 Å². The number of carbonyl (C=O) groups is 2. The molecule has 0 radical (unpaired) electrons. The first-order valence-corrected chi connectivity index (χ1v) is 3.82. The van der Waals surface area contributed by atoms with Crippen molar-refractivity contribution in [3.05, 3.63) is 25.3 Å². The number of hydrogen-bond donors (Lipinski definition) is 0. The molecule has 17 heavy (non-hydrogen) atoms. The summed E-state index contributed by atoms with van der Waals surface area (Å²) < 4.78 is 30.1. The lowest BCUT2D eigenvalue weighted by Gasteiger charge is -1.93. The summed E-state index contributed by atoms with van der Waals surface area (Å²) in [7, 11) is 0. The van der Waals surface area contributed by atoms with Crippen LogP contribution >= 0.6 is 0 Å².